The first-order chi connectivity index (χ1) is 10.8. The molecule has 23 heavy (non-hydrogen) atoms. The van der Waals surface area contributed by atoms with E-state index in [1.807, 2.05) is 0 Å². The van der Waals surface area contributed by atoms with Crippen LogP contribution in [0.4, 0.5) is 13.2 Å². The minimum absolute atomic E-state index is 0.232. The van der Waals surface area contributed by atoms with Crippen LogP contribution >= 0.6 is 0 Å². The van der Waals surface area contributed by atoms with E-state index < -0.39 is 23.3 Å². The number of alkyl halides is 3. The van der Waals surface area contributed by atoms with Gasteiger partial charge >= 0.3 is 12.1 Å². The summed E-state index contributed by atoms with van der Waals surface area (Å²) < 4.78 is 44.0. The maximum absolute atomic E-state index is 12.8. The zero-order valence-electron chi connectivity index (χ0n) is 13.6. The van der Waals surface area contributed by atoms with Gasteiger partial charge < -0.3 is 4.74 Å². The molecule has 0 N–H and O–H groups in total. The average Bonchev–Trinajstić information content (AvgIpc) is 2.47. The van der Waals surface area contributed by atoms with Crippen LogP contribution in [0.5, 0.6) is 0 Å². The highest BCUT2D eigenvalue weighted by molar-refractivity contribution is 5.89. The summed E-state index contributed by atoms with van der Waals surface area (Å²) in [6.07, 6.45) is 3.07. The first-order valence-corrected chi connectivity index (χ1v) is 8.75. The van der Waals surface area contributed by atoms with Crippen molar-refractivity contribution < 1.29 is 22.7 Å². The number of hydrogen-bond donors (Lipinski definition) is 0. The lowest BCUT2D eigenvalue weighted by molar-refractivity contribution is -0.213. The fourth-order valence-corrected chi connectivity index (χ4v) is 5.41. The van der Waals surface area contributed by atoms with Gasteiger partial charge in [0.25, 0.3) is 0 Å². The van der Waals surface area contributed by atoms with Gasteiger partial charge in [0.2, 0.25) is 0 Å². The Kier molecular flexibility index (Phi) is 4.26. The van der Waals surface area contributed by atoms with Crippen LogP contribution in [0.15, 0.2) is 12.2 Å². The summed E-state index contributed by atoms with van der Waals surface area (Å²) in [4.78, 5) is 12.1. The van der Waals surface area contributed by atoms with E-state index in [0.29, 0.717) is 18.3 Å². The van der Waals surface area contributed by atoms with E-state index in [2.05, 4.69) is 13.5 Å². The number of esters is 1. The van der Waals surface area contributed by atoms with Crippen molar-refractivity contribution in [1.29, 1.82) is 0 Å². The van der Waals surface area contributed by atoms with Crippen LogP contribution in [-0.2, 0) is 9.53 Å². The third-order valence-electron chi connectivity index (χ3n) is 6.31. The van der Waals surface area contributed by atoms with Crippen LogP contribution in [0.1, 0.15) is 58.3 Å². The SMILES string of the molecule is C=C(C(=O)OC1(CCCC)C2CC3CC(C2)CC1C3)C(F)(F)F. The fraction of sp³-hybridized carbons (Fsp3) is 0.833. The first-order valence-electron chi connectivity index (χ1n) is 8.75. The van der Waals surface area contributed by atoms with E-state index in [1.54, 1.807) is 0 Å². The number of carbonyl (C=O) groups is 1. The van der Waals surface area contributed by atoms with Gasteiger partial charge in [-0.3, -0.25) is 0 Å². The smallest absolute Gasteiger partial charge is 0.422 e. The standard InChI is InChI=1S/C18H25F3O2/c1-3-4-5-17(23-16(22)11(2)18(19,20)21)14-7-12-6-13(9-14)10-15(17)8-12/h12-15H,2-10H2,1H3. The van der Waals surface area contributed by atoms with Gasteiger partial charge in [-0.2, -0.15) is 13.2 Å². The molecule has 130 valence electrons. The number of halogens is 3. The third-order valence-corrected chi connectivity index (χ3v) is 6.31. The predicted octanol–water partition coefficient (Wildman–Crippen LogP) is 5.03. The zero-order valence-corrected chi connectivity index (χ0v) is 13.6. The van der Waals surface area contributed by atoms with Crippen LogP contribution in [0, 0.1) is 23.7 Å². The summed E-state index contributed by atoms with van der Waals surface area (Å²) in [6.45, 7) is 4.98. The number of rotatable bonds is 5. The van der Waals surface area contributed by atoms with Gasteiger partial charge in [0.05, 0.1) is 0 Å². The Bertz CT molecular complexity index is 467. The molecule has 4 saturated carbocycles. The topological polar surface area (TPSA) is 26.3 Å². The molecule has 4 aliphatic carbocycles. The lowest BCUT2D eigenvalue weighted by atomic mass is 9.49. The highest BCUT2D eigenvalue weighted by Gasteiger charge is 2.59. The Hall–Kier alpha value is -1.00. The minimum atomic E-state index is -4.71. The molecule has 0 amide bonds. The summed E-state index contributed by atoms with van der Waals surface area (Å²) in [5.41, 5.74) is -2.06. The molecule has 2 nitrogen and oxygen atoms in total. The summed E-state index contributed by atoms with van der Waals surface area (Å²) in [6, 6.07) is 0. The van der Waals surface area contributed by atoms with Crippen molar-refractivity contribution in [3.63, 3.8) is 0 Å². The van der Waals surface area contributed by atoms with Gasteiger partial charge in [-0.05, 0) is 68.6 Å². The van der Waals surface area contributed by atoms with E-state index in [4.69, 9.17) is 4.74 Å². The van der Waals surface area contributed by atoms with Crippen molar-refractivity contribution in [3.8, 4) is 0 Å². The Morgan fingerprint density at radius 2 is 1.65 bits per heavy atom. The molecule has 4 rings (SSSR count). The molecule has 0 atom stereocenters. The monoisotopic (exact) mass is 330 g/mol. The summed E-state index contributed by atoms with van der Waals surface area (Å²) >= 11 is 0. The van der Waals surface area contributed by atoms with Crippen molar-refractivity contribution in [1.82, 2.24) is 0 Å². The average molecular weight is 330 g/mol. The van der Waals surface area contributed by atoms with Crippen LogP contribution in [0.2, 0.25) is 0 Å². The first kappa shape index (κ1) is 16.8. The summed E-state index contributed by atoms with van der Waals surface area (Å²) in [5.74, 6) is 0.556. The molecule has 0 aromatic carbocycles. The molecule has 4 bridgehead atoms. The lowest BCUT2D eigenvalue weighted by Crippen LogP contribution is -2.59. The number of ether oxygens (including phenoxy) is 1. The molecule has 5 heteroatoms. The van der Waals surface area contributed by atoms with Crippen molar-refractivity contribution >= 4 is 5.97 Å². The van der Waals surface area contributed by atoms with E-state index in [-0.39, 0.29) is 11.8 Å². The van der Waals surface area contributed by atoms with Crippen molar-refractivity contribution in [2.75, 3.05) is 0 Å². The highest BCUT2D eigenvalue weighted by atomic mass is 19.4. The van der Waals surface area contributed by atoms with Gasteiger partial charge in [0.15, 0.2) is 0 Å². The largest absolute Gasteiger partial charge is 0.455 e. The molecular weight excluding hydrogens is 305 g/mol. The van der Waals surface area contributed by atoms with E-state index in [9.17, 15) is 18.0 Å². The second-order valence-electron chi connectivity index (χ2n) is 7.73. The summed E-state index contributed by atoms with van der Waals surface area (Å²) in [5, 5.41) is 0. The number of unbranched alkanes of at least 4 members (excludes halogenated alkanes) is 1. The molecule has 4 aliphatic rings. The van der Waals surface area contributed by atoms with Crippen molar-refractivity contribution in [3.05, 3.63) is 12.2 Å². The summed E-state index contributed by atoms with van der Waals surface area (Å²) in [7, 11) is 0. The quantitative estimate of drug-likeness (QED) is 0.522. The van der Waals surface area contributed by atoms with Crippen LogP contribution in [0.3, 0.4) is 0 Å². The second kappa shape index (κ2) is 5.82. The Balaban J connectivity index is 1.83. The predicted molar refractivity (Wildman–Crippen MR) is 80.6 cm³/mol. The van der Waals surface area contributed by atoms with Gasteiger partial charge in [-0.25, -0.2) is 4.79 Å². The van der Waals surface area contributed by atoms with Crippen molar-refractivity contribution in [2.45, 2.75) is 70.1 Å². The van der Waals surface area contributed by atoms with E-state index in [1.165, 1.54) is 6.42 Å². The molecule has 0 aromatic rings. The Morgan fingerprint density at radius 1 is 1.13 bits per heavy atom. The van der Waals surface area contributed by atoms with Gasteiger partial charge in [0, 0.05) is 0 Å². The minimum Gasteiger partial charge on any atom is -0.455 e. The van der Waals surface area contributed by atoms with Gasteiger partial charge in [0.1, 0.15) is 11.2 Å². The normalized spacial score (nSPS) is 38.6. The third kappa shape index (κ3) is 2.91. The lowest BCUT2D eigenvalue weighted by Gasteiger charge is -2.60. The Morgan fingerprint density at radius 3 is 2.09 bits per heavy atom. The zero-order chi connectivity index (χ0) is 16.8. The van der Waals surface area contributed by atoms with E-state index >= 15 is 0 Å². The maximum atomic E-state index is 12.8. The number of hydrogen-bond acceptors (Lipinski definition) is 2. The Labute approximate surface area is 135 Å². The van der Waals surface area contributed by atoms with Gasteiger partial charge in [-0.1, -0.05) is 19.9 Å². The van der Waals surface area contributed by atoms with Crippen LogP contribution in [-0.4, -0.2) is 17.7 Å². The molecular formula is C18H25F3O2. The molecule has 0 radical (unpaired) electrons. The van der Waals surface area contributed by atoms with E-state index in [0.717, 1.165) is 38.5 Å². The second-order valence-corrected chi connectivity index (χ2v) is 7.73. The maximum Gasteiger partial charge on any atom is 0.422 e. The molecule has 0 saturated heterocycles. The molecule has 4 fully saturated rings. The van der Waals surface area contributed by atoms with Gasteiger partial charge in [-0.15, -0.1) is 0 Å². The molecule has 0 unspecified atom stereocenters. The molecule has 0 aliphatic heterocycles. The highest BCUT2D eigenvalue weighted by Crippen LogP contribution is 2.61. The fourth-order valence-electron chi connectivity index (χ4n) is 5.41. The van der Waals surface area contributed by atoms with Crippen LogP contribution < -0.4 is 0 Å². The molecule has 0 spiro atoms. The van der Waals surface area contributed by atoms with Crippen LogP contribution in [0.25, 0.3) is 0 Å². The van der Waals surface area contributed by atoms with Crippen molar-refractivity contribution in [2.24, 2.45) is 23.7 Å². The number of carbonyl (C=O) groups excluding carboxylic acids is 1. The molecule has 0 aromatic heterocycles. The molecule has 0 heterocycles.